The lowest BCUT2D eigenvalue weighted by molar-refractivity contribution is -0.166. The highest BCUT2D eigenvalue weighted by molar-refractivity contribution is 5.08. The minimum Gasteiger partial charge on any atom is -0.391 e. The van der Waals surface area contributed by atoms with Crippen molar-refractivity contribution in [3.05, 3.63) is 0 Å². The van der Waals surface area contributed by atoms with Gasteiger partial charge < -0.3 is 20.4 Å². The molecule has 2 aliphatic rings. The quantitative estimate of drug-likeness (QED) is 0.281. The Labute approximate surface area is 69.6 Å². The molecule has 2 rings (SSSR count). The van der Waals surface area contributed by atoms with Crippen LogP contribution in [0, 0.1) is 0 Å². The van der Waals surface area contributed by atoms with Crippen LogP contribution in [-0.4, -0.2) is 50.5 Å². The van der Waals surface area contributed by atoms with Crippen LogP contribution >= 0.6 is 0 Å². The maximum absolute atomic E-state index is 9.65. The summed E-state index contributed by atoms with van der Waals surface area (Å²) >= 11 is 0. The largest absolute Gasteiger partial charge is 0.391 e. The number of rotatable bonds is 0. The lowest BCUT2D eigenvalue weighted by atomic mass is 9.96. The van der Waals surface area contributed by atoms with Gasteiger partial charge in [0.25, 0.3) is 0 Å². The van der Waals surface area contributed by atoms with Crippen molar-refractivity contribution in [2.75, 3.05) is 0 Å². The van der Waals surface area contributed by atoms with Gasteiger partial charge in [0.05, 0.1) is 6.10 Å². The van der Waals surface area contributed by atoms with E-state index in [9.17, 15) is 20.4 Å². The highest BCUT2D eigenvalue weighted by atomic mass is 16.4. The smallest absolute Gasteiger partial charge is 0.168 e. The Morgan fingerprint density at radius 3 is 2.33 bits per heavy atom. The molecule has 0 aromatic carbocycles. The van der Waals surface area contributed by atoms with Crippen LogP contribution in [0.5, 0.6) is 0 Å². The van der Waals surface area contributed by atoms with Crippen LogP contribution in [0.3, 0.4) is 0 Å². The van der Waals surface area contributed by atoms with Crippen LogP contribution in [-0.2, 0) is 0 Å². The van der Waals surface area contributed by atoms with E-state index in [-0.39, 0.29) is 18.9 Å². The normalized spacial score (nSPS) is 59.0. The molecular formula is C7H13NO4. The summed E-state index contributed by atoms with van der Waals surface area (Å²) < 4.78 is 0. The van der Waals surface area contributed by atoms with E-state index in [2.05, 4.69) is 5.32 Å². The first-order chi connectivity index (χ1) is 5.54. The fourth-order valence-electron chi connectivity index (χ4n) is 2.02. The molecule has 5 atom stereocenters. The minimum absolute atomic E-state index is 0.116. The Bertz CT molecular complexity index is 200. The second-order valence-corrected chi connectivity index (χ2v) is 3.65. The predicted octanol–water partition coefficient (Wildman–Crippen LogP) is -2.48. The summed E-state index contributed by atoms with van der Waals surface area (Å²) in [6.45, 7) is 0. The van der Waals surface area contributed by atoms with Gasteiger partial charge in [-0.05, 0) is 6.42 Å². The molecule has 0 aromatic heterocycles. The third kappa shape index (κ3) is 0.915. The van der Waals surface area contributed by atoms with Crippen LogP contribution in [0.4, 0.5) is 0 Å². The number of nitrogens with one attached hydrogen (secondary N) is 1. The van der Waals surface area contributed by atoms with Crippen molar-refractivity contribution in [2.45, 2.75) is 42.9 Å². The third-order valence-electron chi connectivity index (χ3n) is 2.84. The molecule has 2 fully saturated rings. The molecule has 0 aromatic rings. The topological polar surface area (TPSA) is 93.0 Å². The summed E-state index contributed by atoms with van der Waals surface area (Å²) in [6.07, 6.45) is -2.37. The van der Waals surface area contributed by atoms with Crippen molar-refractivity contribution in [1.29, 1.82) is 0 Å². The minimum atomic E-state index is -1.61. The molecule has 0 radical (unpaired) electrons. The van der Waals surface area contributed by atoms with Gasteiger partial charge in [0, 0.05) is 12.5 Å². The zero-order valence-corrected chi connectivity index (χ0v) is 6.51. The van der Waals surface area contributed by atoms with Crippen molar-refractivity contribution in [2.24, 2.45) is 0 Å². The molecule has 0 aliphatic carbocycles. The van der Waals surface area contributed by atoms with Crippen LogP contribution in [0.2, 0.25) is 0 Å². The van der Waals surface area contributed by atoms with Crippen LogP contribution in [0.25, 0.3) is 0 Å². The summed E-state index contributed by atoms with van der Waals surface area (Å²) in [6, 6.07) is -0.298. The van der Waals surface area contributed by atoms with Gasteiger partial charge in [0.2, 0.25) is 0 Å². The summed E-state index contributed by atoms with van der Waals surface area (Å²) in [7, 11) is 0. The van der Waals surface area contributed by atoms with Crippen molar-refractivity contribution in [3.63, 3.8) is 0 Å². The molecule has 0 spiro atoms. The Morgan fingerprint density at radius 2 is 1.67 bits per heavy atom. The van der Waals surface area contributed by atoms with Crippen molar-refractivity contribution >= 4 is 0 Å². The zero-order valence-electron chi connectivity index (χ0n) is 6.51. The molecule has 2 saturated heterocycles. The van der Waals surface area contributed by atoms with Crippen molar-refractivity contribution < 1.29 is 20.4 Å². The van der Waals surface area contributed by atoms with Crippen molar-refractivity contribution in [3.8, 4) is 0 Å². The van der Waals surface area contributed by atoms with Gasteiger partial charge in [0.1, 0.15) is 12.2 Å². The fraction of sp³-hybridized carbons (Fsp3) is 1.00. The maximum Gasteiger partial charge on any atom is 0.168 e. The molecule has 0 saturated carbocycles. The van der Waals surface area contributed by atoms with Crippen LogP contribution < -0.4 is 5.32 Å². The molecule has 5 nitrogen and oxygen atoms in total. The van der Waals surface area contributed by atoms with E-state index in [0.29, 0.717) is 0 Å². The van der Waals surface area contributed by atoms with Crippen LogP contribution in [0.1, 0.15) is 12.8 Å². The highest BCUT2D eigenvalue weighted by Crippen LogP contribution is 2.34. The Balaban J connectivity index is 2.25. The third-order valence-corrected chi connectivity index (χ3v) is 2.84. The second kappa shape index (κ2) is 2.40. The molecule has 2 bridgehead atoms. The van der Waals surface area contributed by atoms with Gasteiger partial charge in [-0.25, -0.2) is 0 Å². The molecule has 2 heterocycles. The monoisotopic (exact) mass is 175 g/mol. The van der Waals surface area contributed by atoms with Gasteiger partial charge in [-0.1, -0.05) is 0 Å². The van der Waals surface area contributed by atoms with Crippen LogP contribution in [0.15, 0.2) is 0 Å². The lowest BCUT2D eigenvalue weighted by Gasteiger charge is -2.37. The Hall–Kier alpha value is -0.200. The molecule has 70 valence electrons. The lowest BCUT2D eigenvalue weighted by Crippen LogP contribution is -2.63. The fourth-order valence-corrected chi connectivity index (χ4v) is 2.02. The number of fused-ring (bicyclic) bond motifs is 2. The molecule has 0 unspecified atom stereocenters. The van der Waals surface area contributed by atoms with Gasteiger partial charge in [-0.3, -0.25) is 5.32 Å². The molecule has 12 heavy (non-hydrogen) atoms. The number of aliphatic hydroxyl groups is 4. The zero-order chi connectivity index (χ0) is 8.93. The first-order valence-electron chi connectivity index (χ1n) is 4.08. The molecular weight excluding hydrogens is 162 g/mol. The summed E-state index contributed by atoms with van der Waals surface area (Å²) in [4.78, 5) is 0. The average molecular weight is 175 g/mol. The van der Waals surface area contributed by atoms with Gasteiger partial charge in [-0.2, -0.15) is 0 Å². The number of aliphatic hydroxyl groups excluding tert-OH is 3. The van der Waals surface area contributed by atoms with E-state index in [1.807, 2.05) is 0 Å². The van der Waals surface area contributed by atoms with E-state index in [4.69, 9.17) is 0 Å². The van der Waals surface area contributed by atoms with Gasteiger partial charge >= 0.3 is 0 Å². The SMILES string of the molecule is O[C@@H]1C[C@H](O)[C@H]2C[C@H](O)[C@@]1(O)N2. The van der Waals surface area contributed by atoms with E-state index in [1.54, 1.807) is 0 Å². The maximum atomic E-state index is 9.65. The summed E-state index contributed by atoms with van der Waals surface area (Å²) in [5.74, 6) is 0. The number of piperidine rings is 1. The molecule has 2 aliphatic heterocycles. The number of hydrogen-bond acceptors (Lipinski definition) is 5. The van der Waals surface area contributed by atoms with E-state index >= 15 is 0 Å². The Morgan fingerprint density at radius 1 is 1.08 bits per heavy atom. The van der Waals surface area contributed by atoms with Crippen molar-refractivity contribution in [1.82, 2.24) is 5.32 Å². The molecule has 5 N–H and O–H groups in total. The highest BCUT2D eigenvalue weighted by Gasteiger charge is 2.55. The first kappa shape index (κ1) is 8.40. The summed E-state index contributed by atoms with van der Waals surface area (Å²) in [5.41, 5.74) is -1.61. The number of hydrogen-bond donors (Lipinski definition) is 5. The molecule has 5 heteroatoms. The van der Waals surface area contributed by atoms with Gasteiger partial charge in [-0.15, -0.1) is 0 Å². The first-order valence-corrected chi connectivity index (χ1v) is 4.08. The standard InChI is InChI=1S/C7H13NO4/c9-4-2-6(11)7(12)5(10)1-3(4)8-7/h3-6,8-12H,1-2H2/t3-,4+,5+,6-,7+/m1/s1. The second-order valence-electron chi connectivity index (χ2n) is 3.65. The van der Waals surface area contributed by atoms with E-state index < -0.39 is 24.0 Å². The Kier molecular flexibility index (Phi) is 1.68. The summed E-state index contributed by atoms with van der Waals surface area (Å²) in [5, 5.41) is 40.4. The van der Waals surface area contributed by atoms with E-state index in [1.165, 1.54) is 0 Å². The predicted molar refractivity (Wildman–Crippen MR) is 39.1 cm³/mol. The van der Waals surface area contributed by atoms with E-state index in [0.717, 1.165) is 0 Å². The molecule has 0 amide bonds. The van der Waals surface area contributed by atoms with Gasteiger partial charge in [0.15, 0.2) is 5.72 Å². The average Bonchev–Trinajstić information content (AvgIpc) is 2.25.